The van der Waals surface area contributed by atoms with E-state index in [1.807, 2.05) is 30.3 Å². The summed E-state index contributed by atoms with van der Waals surface area (Å²) >= 11 is 16.6. The van der Waals surface area contributed by atoms with Crippen LogP contribution in [0.25, 0.3) is 0 Å². The van der Waals surface area contributed by atoms with Crippen LogP contribution in [0.5, 0.6) is 0 Å². The number of hydrogen-bond acceptors (Lipinski definition) is 7. The molecule has 2 N–H and O–H groups in total. The molecule has 0 aromatic heterocycles. The Balaban J connectivity index is 0.00000552. The zero-order chi connectivity index (χ0) is 31.2. The SMILES string of the molecule is CN/C([S-])=N/N=C(/C(C)=N/N=C(\[S-])NCCOC[P+](c1ccccc1)(c1ccccc1)c1ccccc1)c1ccc(Cl)cc1.[Cu+2]. The first-order valence-corrected chi connectivity index (χ1v) is 17.0. The third-order valence-electron chi connectivity index (χ3n) is 6.60. The molecular formula is C33H33ClCuN6OPS2+. The Morgan fingerprint density at radius 1 is 0.711 bits per heavy atom. The van der Waals surface area contributed by atoms with Crippen molar-refractivity contribution in [2.75, 3.05) is 26.5 Å². The molecule has 4 aromatic carbocycles. The van der Waals surface area contributed by atoms with Gasteiger partial charge in [-0.1, -0.05) is 78.3 Å². The maximum absolute atomic E-state index is 6.40. The van der Waals surface area contributed by atoms with E-state index >= 15 is 0 Å². The molecule has 0 atom stereocenters. The van der Waals surface area contributed by atoms with E-state index in [1.54, 1.807) is 26.1 Å². The molecule has 4 aromatic rings. The summed E-state index contributed by atoms with van der Waals surface area (Å²) in [6.45, 7) is 2.68. The van der Waals surface area contributed by atoms with E-state index in [9.17, 15) is 0 Å². The first-order chi connectivity index (χ1) is 21.4. The fourth-order valence-electron chi connectivity index (χ4n) is 4.45. The number of benzene rings is 4. The summed E-state index contributed by atoms with van der Waals surface area (Å²) in [7, 11) is -0.394. The molecule has 0 unspecified atom stereocenters. The number of rotatable bonds is 12. The van der Waals surface area contributed by atoms with Crippen LogP contribution >= 0.6 is 18.9 Å². The summed E-state index contributed by atoms with van der Waals surface area (Å²) in [6.07, 6.45) is 0.548. The molecule has 1 radical (unpaired) electrons. The zero-order valence-corrected chi connectivity index (χ0v) is 29.0. The van der Waals surface area contributed by atoms with Gasteiger partial charge >= 0.3 is 17.1 Å². The van der Waals surface area contributed by atoms with Gasteiger partial charge in [-0.05, 0) is 65.8 Å². The van der Waals surface area contributed by atoms with Crippen LogP contribution in [-0.2, 0) is 47.1 Å². The molecule has 0 aliphatic carbocycles. The van der Waals surface area contributed by atoms with Gasteiger partial charge in [0.2, 0.25) is 0 Å². The number of hydrogen-bond donors (Lipinski definition) is 2. The van der Waals surface area contributed by atoms with Gasteiger partial charge in [-0.2, -0.15) is 15.3 Å². The van der Waals surface area contributed by atoms with Gasteiger partial charge in [-0.15, -0.1) is 5.10 Å². The van der Waals surface area contributed by atoms with Crippen LogP contribution < -0.4 is 26.5 Å². The summed E-state index contributed by atoms with van der Waals surface area (Å²) in [5, 5.41) is 27.6. The second-order valence-corrected chi connectivity index (χ2v) is 14.1. The van der Waals surface area contributed by atoms with Crippen molar-refractivity contribution in [2.45, 2.75) is 6.92 Å². The monoisotopic (exact) mass is 722 g/mol. The van der Waals surface area contributed by atoms with Crippen molar-refractivity contribution in [2.24, 2.45) is 20.4 Å². The largest absolute Gasteiger partial charge is 2.00 e. The molecule has 0 amide bonds. The first-order valence-electron chi connectivity index (χ1n) is 13.9. The van der Waals surface area contributed by atoms with Crippen LogP contribution in [0.15, 0.2) is 136 Å². The smallest absolute Gasteiger partial charge is 0.741 e. The van der Waals surface area contributed by atoms with Crippen molar-refractivity contribution in [3.63, 3.8) is 0 Å². The second kappa shape index (κ2) is 18.7. The fraction of sp³-hybridized carbons (Fsp3) is 0.152. The molecule has 0 saturated carbocycles. The van der Waals surface area contributed by atoms with Gasteiger partial charge < -0.3 is 40.6 Å². The molecule has 0 fully saturated rings. The van der Waals surface area contributed by atoms with Gasteiger partial charge in [0.05, 0.1) is 12.3 Å². The Morgan fingerprint density at radius 2 is 1.20 bits per heavy atom. The van der Waals surface area contributed by atoms with E-state index in [4.69, 9.17) is 41.6 Å². The van der Waals surface area contributed by atoms with Crippen molar-refractivity contribution >= 4 is 81.8 Å². The summed E-state index contributed by atoms with van der Waals surface area (Å²) in [5.74, 6) is 0. The average Bonchev–Trinajstić information content (AvgIpc) is 3.07. The molecule has 7 nitrogen and oxygen atoms in total. The van der Waals surface area contributed by atoms with Crippen LogP contribution in [0.4, 0.5) is 0 Å². The third kappa shape index (κ3) is 10.1. The minimum absolute atomic E-state index is 0. The molecule has 235 valence electrons. The van der Waals surface area contributed by atoms with E-state index in [0.717, 1.165) is 5.56 Å². The summed E-state index contributed by atoms with van der Waals surface area (Å²) in [4.78, 5) is 0. The standard InChI is InChI=1S/C33H34ClN6OPS2.Cu/c1-25(31(38-39-32(43)35-2)26-18-20-27(34)21-19-26)37-40-33(44)36-22-23-41-24-42(28-12-6-3-7-13-28,29-14-8-4-9-15-29)30-16-10-5-11-17-30;/h3-21H,22-24H2,1-2H3,(H3-,35,36,37,38,39,40,43,44);/q;+2/p-1. The third-order valence-corrected chi connectivity index (χ3v) is 11.5. The van der Waals surface area contributed by atoms with Gasteiger partial charge in [0.15, 0.2) is 6.35 Å². The minimum Gasteiger partial charge on any atom is -0.741 e. The average molecular weight is 724 g/mol. The maximum Gasteiger partial charge on any atom is 2.00 e. The number of nitrogens with zero attached hydrogens (tertiary/aromatic N) is 4. The van der Waals surface area contributed by atoms with Crippen molar-refractivity contribution < 1.29 is 21.8 Å². The van der Waals surface area contributed by atoms with Crippen LogP contribution in [-0.4, -0.2) is 48.3 Å². The van der Waals surface area contributed by atoms with Gasteiger partial charge in [0, 0.05) is 24.2 Å². The van der Waals surface area contributed by atoms with E-state index in [2.05, 4.69) is 104 Å². The molecule has 0 bridgehead atoms. The quantitative estimate of drug-likeness (QED) is 0.0410. The zero-order valence-electron chi connectivity index (χ0n) is 24.7. The fourth-order valence-corrected chi connectivity index (χ4v) is 8.54. The van der Waals surface area contributed by atoms with Crippen LogP contribution in [0.1, 0.15) is 12.5 Å². The Kier molecular flexibility index (Phi) is 15.1. The van der Waals surface area contributed by atoms with E-state index < -0.39 is 7.26 Å². The predicted molar refractivity (Wildman–Crippen MR) is 194 cm³/mol. The molecule has 0 saturated heterocycles. The van der Waals surface area contributed by atoms with Crippen LogP contribution in [0.2, 0.25) is 5.02 Å². The van der Waals surface area contributed by atoms with Gasteiger partial charge in [0.25, 0.3) is 0 Å². The molecular weight excluding hydrogens is 691 g/mol. The maximum atomic E-state index is 6.40. The van der Waals surface area contributed by atoms with Crippen molar-refractivity contribution in [1.82, 2.24) is 10.6 Å². The molecule has 0 heterocycles. The van der Waals surface area contributed by atoms with Crippen LogP contribution in [0, 0.1) is 0 Å². The van der Waals surface area contributed by atoms with Crippen molar-refractivity contribution in [3.8, 4) is 0 Å². The molecule has 45 heavy (non-hydrogen) atoms. The summed E-state index contributed by atoms with van der Waals surface area (Å²) in [6, 6.07) is 39.1. The van der Waals surface area contributed by atoms with Gasteiger partial charge in [-0.25, -0.2) is 0 Å². The number of halogens is 1. The molecule has 0 aliphatic rings. The Labute approximate surface area is 292 Å². The van der Waals surface area contributed by atoms with E-state index in [1.165, 1.54) is 15.9 Å². The topological polar surface area (TPSA) is 82.7 Å². The van der Waals surface area contributed by atoms with E-state index in [0.29, 0.717) is 35.9 Å². The first kappa shape index (κ1) is 36.3. The Morgan fingerprint density at radius 3 is 1.69 bits per heavy atom. The number of amidine groups is 2. The van der Waals surface area contributed by atoms with Gasteiger partial charge in [0.1, 0.15) is 28.9 Å². The normalized spacial score (nSPS) is 12.8. The molecule has 4 rings (SSSR count). The second-order valence-electron chi connectivity index (χ2n) is 9.48. The molecule has 0 spiro atoms. The summed E-state index contributed by atoms with van der Waals surface area (Å²) in [5.41, 5.74) is 1.78. The van der Waals surface area contributed by atoms with Gasteiger partial charge in [-0.3, -0.25) is 0 Å². The van der Waals surface area contributed by atoms with Crippen molar-refractivity contribution in [3.05, 3.63) is 126 Å². The Hall–Kier alpha value is -3.20. The predicted octanol–water partition coefficient (Wildman–Crippen LogP) is 5.00. The number of ether oxygens (including phenoxy) is 1. The molecule has 12 heteroatoms. The van der Waals surface area contributed by atoms with Crippen LogP contribution in [0.3, 0.4) is 0 Å². The van der Waals surface area contributed by atoms with E-state index in [-0.39, 0.29) is 27.4 Å². The minimum atomic E-state index is -2.07. The summed E-state index contributed by atoms with van der Waals surface area (Å²) < 4.78 is 6.40. The molecule has 0 aliphatic heterocycles. The number of nitrogens with one attached hydrogen (secondary N) is 2. The Bertz CT molecular complexity index is 1510. The van der Waals surface area contributed by atoms with Crippen molar-refractivity contribution in [1.29, 1.82) is 0 Å².